The molecular formula is C18H26Cl2N2O. The zero-order valence-corrected chi connectivity index (χ0v) is 15.3. The molecular weight excluding hydrogens is 331 g/mol. The van der Waals surface area contributed by atoms with E-state index in [1.165, 1.54) is 19.5 Å². The van der Waals surface area contributed by atoms with E-state index in [1.807, 2.05) is 18.2 Å². The quantitative estimate of drug-likeness (QED) is 0.863. The summed E-state index contributed by atoms with van der Waals surface area (Å²) in [6, 6.07) is 5.71. The van der Waals surface area contributed by atoms with Gasteiger partial charge in [-0.2, -0.15) is 0 Å². The first-order valence-electron chi connectivity index (χ1n) is 8.53. The molecule has 1 unspecified atom stereocenters. The van der Waals surface area contributed by atoms with Gasteiger partial charge in [0.25, 0.3) is 0 Å². The summed E-state index contributed by atoms with van der Waals surface area (Å²) in [5.41, 5.74) is 1.54. The summed E-state index contributed by atoms with van der Waals surface area (Å²) in [5.74, 6) is 0. The van der Waals surface area contributed by atoms with Crippen LogP contribution < -0.4 is 5.32 Å². The monoisotopic (exact) mass is 356 g/mol. The van der Waals surface area contributed by atoms with Crippen molar-refractivity contribution in [3.05, 3.63) is 33.8 Å². The van der Waals surface area contributed by atoms with Crippen molar-refractivity contribution in [1.82, 2.24) is 10.2 Å². The lowest BCUT2D eigenvalue weighted by molar-refractivity contribution is -0.00856. The Hall–Kier alpha value is -0.320. The van der Waals surface area contributed by atoms with Crippen LogP contribution in [0.5, 0.6) is 0 Å². The first-order chi connectivity index (χ1) is 11.0. The predicted molar refractivity (Wildman–Crippen MR) is 96.3 cm³/mol. The van der Waals surface area contributed by atoms with Crippen LogP contribution >= 0.6 is 23.2 Å². The second kappa shape index (κ2) is 7.71. The molecule has 0 radical (unpaired) electrons. The molecule has 2 aliphatic rings. The number of rotatable bonds is 5. The summed E-state index contributed by atoms with van der Waals surface area (Å²) in [6.07, 6.45) is 3.88. The van der Waals surface area contributed by atoms with Crippen molar-refractivity contribution in [2.24, 2.45) is 5.41 Å². The molecule has 0 aliphatic carbocycles. The standard InChI is InChI=1S/C18H26Cl2N2O/c1-18(6-7-21-12-18)13-22-8-4-15(5-9-22)23-11-14-2-3-16(19)17(20)10-14/h2-3,10,15,21H,4-9,11-13H2,1H3. The third-order valence-corrected chi connectivity index (χ3v) is 5.81. The number of piperidine rings is 1. The van der Waals surface area contributed by atoms with E-state index in [0.717, 1.165) is 38.0 Å². The van der Waals surface area contributed by atoms with E-state index >= 15 is 0 Å². The van der Waals surface area contributed by atoms with Crippen molar-refractivity contribution < 1.29 is 4.74 Å². The van der Waals surface area contributed by atoms with Gasteiger partial charge < -0.3 is 15.0 Å². The third-order valence-electron chi connectivity index (χ3n) is 5.07. The highest BCUT2D eigenvalue weighted by atomic mass is 35.5. The maximum absolute atomic E-state index is 6.07. The molecule has 3 nitrogen and oxygen atoms in total. The van der Waals surface area contributed by atoms with Gasteiger partial charge in [-0.25, -0.2) is 0 Å². The summed E-state index contributed by atoms with van der Waals surface area (Å²) in [7, 11) is 0. The molecule has 0 spiro atoms. The first-order valence-corrected chi connectivity index (χ1v) is 9.28. The van der Waals surface area contributed by atoms with Crippen LogP contribution in [0.3, 0.4) is 0 Å². The van der Waals surface area contributed by atoms with Gasteiger partial charge in [0, 0.05) is 26.2 Å². The molecule has 0 aromatic heterocycles. The minimum atomic E-state index is 0.357. The fraction of sp³-hybridized carbons (Fsp3) is 0.667. The second-order valence-electron chi connectivity index (χ2n) is 7.27. The zero-order valence-electron chi connectivity index (χ0n) is 13.8. The molecule has 5 heteroatoms. The zero-order chi connectivity index (χ0) is 16.3. The van der Waals surface area contributed by atoms with Crippen LogP contribution in [0.15, 0.2) is 18.2 Å². The van der Waals surface area contributed by atoms with Gasteiger partial charge in [-0.1, -0.05) is 36.2 Å². The van der Waals surface area contributed by atoms with Crippen LogP contribution in [-0.2, 0) is 11.3 Å². The third kappa shape index (κ3) is 4.83. The Labute approximate surface area is 149 Å². The van der Waals surface area contributed by atoms with Gasteiger partial charge >= 0.3 is 0 Å². The van der Waals surface area contributed by atoms with Crippen LogP contribution in [0.25, 0.3) is 0 Å². The lowest BCUT2D eigenvalue weighted by Crippen LogP contribution is -2.43. The Balaban J connectivity index is 1.41. The molecule has 1 aromatic rings. The highest BCUT2D eigenvalue weighted by Crippen LogP contribution is 2.28. The summed E-state index contributed by atoms with van der Waals surface area (Å²) in [6.45, 7) is 8.83. The minimum Gasteiger partial charge on any atom is -0.373 e. The van der Waals surface area contributed by atoms with Gasteiger partial charge in [-0.05, 0) is 48.9 Å². The minimum absolute atomic E-state index is 0.357. The topological polar surface area (TPSA) is 24.5 Å². The van der Waals surface area contributed by atoms with Gasteiger partial charge in [0.1, 0.15) is 0 Å². The predicted octanol–water partition coefficient (Wildman–Crippen LogP) is 3.97. The van der Waals surface area contributed by atoms with Gasteiger partial charge in [0.2, 0.25) is 0 Å². The van der Waals surface area contributed by atoms with Crippen LogP contribution in [0.1, 0.15) is 31.7 Å². The van der Waals surface area contributed by atoms with Crippen molar-refractivity contribution in [3.8, 4) is 0 Å². The van der Waals surface area contributed by atoms with E-state index in [-0.39, 0.29) is 0 Å². The Bertz CT molecular complexity index is 524. The van der Waals surface area contributed by atoms with E-state index in [2.05, 4.69) is 17.1 Å². The first kappa shape index (κ1) is 17.5. The van der Waals surface area contributed by atoms with Gasteiger partial charge in [0.15, 0.2) is 0 Å². The number of halogens is 2. The Morgan fingerprint density at radius 1 is 1.26 bits per heavy atom. The Morgan fingerprint density at radius 2 is 2.04 bits per heavy atom. The highest BCUT2D eigenvalue weighted by Gasteiger charge is 2.32. The average Bonchev–Trinajstić information content (AvgIpc) is 2.96. The fourth-order valence-corrected chi connectivity index (χ4v) is 3.94. The Morgan fingerprint density at radius 3 is 2.70 bits per heavy atom. The SMILES string of the molecule is CC1(CN2CCC(OCc3ccc(Cl)c(Cl)c3)CC2)CCNC1. The Kier molecular flexibility index (Phi) is 5.87. The van der Waals surface area contributed by atoms with Crippen LogP contribution in [0, 0.1) is 5.41 Å². The number of ether oxygens (including phenoxy) is 1. The molecule has 1 atom stereocenters. The molecule has 1 aromatic carbocycles. The molecule has 1 N–H and O–H groups in total. The molecule has 2 saturated heterocycles. The van der Waals surface area contributed by atoms with Crippen LogP contribution in [0.4, 0.5) is 0 Å². The van der Waals surface area contributed by atoms with Crippen molar-refractivity contribution >= 4 is 23.2 Å². The molecule has 3 rings (SSSR count). The van der Waals surface area contributed by atoms with E-state index in [0.29, 0.717) is 28.2 Å². The fourth-order valence-electron chi connectivity index (χ4n) is 3.62. The number of nitrogens with one attached hydrogen (secondary N) is 1. The maximum atomic E-state index is 6.07. The molecule has 0 amide bonds. The van der Waals surface area contributed by atoms with Crippen molar-refractivity contribution in [2.45, 2.75) is 38.9 Å². The lowest BCUT2D eigenvalue weighted by Gasteiger charge is -2.37. The van der Waals surface area contributed by atoms with Crippen LogP contribution in [0.2, 0.25) is 10.0 Å². The molecule has 128 valence electrons. The van der Waals surface area contributed by atoms with Crippen molar-refractivity contribution in [1.29, 1.82) is 0 Å². The van der Waals surface area contributed by atoms with E-state index in [9.17, 15) is 0 Å². The van der Waals surface area contributed by atoms with Crippen LogP contribution in [-0.4, -0.2) is 43.7 Å². The molecule has 2 heterocycles. The smallest absolute Gasteiger partial charge is 0.0721 e. The number of likely N-dealkylation sites (tertiary alicyclic amines) is 1. The average molecular weight is 357 g/mol. The molecule has 2 fully saturated rings. The summed E-state index contributed by atoms with van der Waals surface area (Å²) in [4.78, 5) is 2.60. The largest absolute Gasteiger partial charge is 0.373 e. The molecule has 0 saturated carbocycles. The highest BCUT2D eigenvalue weighted by molar-refractivity contribution is 6.42. The van der Waals surface area contributed by atoms with Crippen molar-refractivity contribution in [2.75, 3.05) is 32.7 Å². The second-order valence-corrected chi connectivity index (χ2v) is 8.09. The number of hydrogen-bond donors (Lipinski definition) is 1. The van der Waals surface area contributed by atoms with E-state index < -0.39 is 0 Å². The molecule has 23 heavy (non-hydrogen) atoms. The normalized spacial score (nSPS) is 26.7. The number of nitrogens with zero attached hydrogens (tertiary/aromatic N) is 1. The van der Waals surface area contributed by atoms with E-state index in [4.69, 9.17) is 27.9 Å². The lowest BCUT2D eigenvalue weighted by atomic mass is 9.88. The maximum Gasteiger partial charge on any atom is 0.0721 e. The van der Waals surface area contributed by atoms with Gasteiger partial charge in [-0.15, -0.1) is 0 Å². The van der Waals surface area contributed by atoms with Crippen molar-refractivity contribution in [3.63, 3.8) is 0 Å². The molecule has 0 bridgehead atoms. The summed E-state index contributed by atoms with van der Waals surface area (Å²) < 4.78 is 6.07. The van der Waals surface area contributed by atoms with Gasteiger partial charge in [0.05, 0.1) is 22.8 Å². The number of benzene rings is 1. The summed E-state index contributed by atoms with van der Waals surface area (Å²) in [5, 5.41) is 4.68. The number of hydrogen-bond acceptors (Lipinski definition) is 3. The summed E-state index contributed by atoms with van der Waals surface area (Å²) >= 11 is 12.0. The van der Waals surface area contributed by atoms with Gasteiger partial charge in [-0.3, -0.25) is 0 Å². The van der Waals surface area contributed by atoms with E-state index in [1.54, 1.807) is 0 Å². The molecule has 2 aliphatic heterocycles.